The van der Waals surface area contributed by atoms with E-state index in [0.717, 1.165) is 5.56 Å². The number of amides is 1. The predicted molar refractivity (Wildman–Crippen MR) is 116 cm³/mol. The number of aliphatic hydroxyl groups is 1. The molecule has 8 nitrogen and oxygen atoms in total. The largest absolute Gasteiger partial charge is 0.438 e. The minimum Gasteiger partial charge on any atom is -0.438 e. The van der Waals surface area contributed by atoms with Crippen molar-refractivity contribution in [3.05, 3.63) is 76.4 Å². The van der Waals surface area contributed by atoms with Crippen LogP contribution in [-0.2, 0) is 12.1 Å². The Balaban J connectivity index is 0.00000289. The molecule has 0 aliphatic rings. The number of nitrogens with zero attached hydrogens (tertiary/aromatic N) is 3. The number of halogens is 1. The van der Waals surface area contributed by atoms with Crippen LogP contribution in [0.3, 0.4) is 0 Å². The van der Waals surface area contributed by atoms with Gasteiger partial charge in [0.15, 0.2) is 0 Å². The summed E-state index contributed by atoms with van der Waals surface area (Å²) in [5, 5.41) is 20.9. The van der Waals surface area contributed by atoms with Crippen LogP contribution in [0.4, 0.5) is 0 Å². The van der Waals surface area contributed by atoms with Crippen molar-refractivity contribution >= 4 is 28.5 Å². The molecule has 4 rings (SSSR count). The Labute approximate surface area is 184 Å². The number of fused-ring (bicyclic) bond motifs is 1. The maximum Gasteiger partial charge on any atom is 0.257 e. The maximum atomic E-state index is 12.8. The second-order valence-corrected chi connectivity index (χ2v) is 7.83. The van der Waals surface area contributed by atoms with Crippen LogP contribution in [0.15, 0.2) is 59.4 Å². The van der Waals surface area contributed by atoms with E-state index in [0.29, 0.717) is 27.4 Å². The highest BCUT2D eigenvalue weighted by Crippen LogP contribution is 2.27. The second kappa shape index (κ2) is 8.33. The van der Waals surface area contributed by atoms with Gasteiger partial charge in [-0.15, -0.1) is 0 Å². The van der Waals surface area contributed by atoms with E-state index in [9.17, 15) is 9.90 Å². The minimum atomic E-state index is -1.00. The molecule has 9 heteroatoms. The van der Waals surface area contributed by atoms with Crippen molar-refractivity contribution in [1.29, 1.82) is 0 Å². The molecule has 1 amide bonds. The highest BCUT2D eigenvalue weighted by atomic mass is 35.5. The first-order valence-electron chi connectivity index (χ1n) is 9.46. The van der Waals surface area contributed by atoms with Crippen molar-refractivity contribution in [3.63, 3.8) is 0 Å². The molecule has 2 aromatic heterocycles. The third-order valence-electron chi connectivity index (χ3n) is 4.65. The quantitative estimate of drug-likeness (QED) is 0.455. The molecule has 160 valence electrons. The van der Waals surface area contributed by atoms with Gasteiger partial charge < -0.3 is 15.2 Å². The summed E-state index contributed by atoms with van der Waals surface area (Å²) in [6.07, 6.45) is 1.54. The average molecular weight is 441 g/mol. The van der Waals surface area contributed by atoms with E-state index in [1.54, 1.807) is 62.4 Å². The molecule has 0 bridgehead atoms. The molecule has 0 saturated heterocycles. The number of ether oxygens (including phenoxy) is 1. The highest BCUT2D eigenvalue weighted by Gasteiger charge is 2.18. The molecule has 0 radical (unpaired) electrons. The molecule has 2 N–H and O–H groups in total. The number of carbonyl (C=O) groups excluding carboxylic acids is 1. The molecule has 4 aromatic rings. The van der Waals surface area contributed by atoms with Crippen LogP contribution >= 0.6 is 11.6 Å². The van der Waals surface area contributed by atoms with E-state index in [1.165, 1.54) is 6.20 Å². The van der Waals surface area contributed by atoms with Gasteiger partial charge in [-0.3, -0.25) is 4.79 Å². The molecule has 0 aliphatic heterocycles. The fourth-order valence-corrected chi connectivity index (χ4v) is 3.17. The Morgan fingerprint density at radius 1 is 1.19 bits per heavy atom. The third-order valence-corrected chi connectivity index (χ3v) is 5.01. The molecule has 0 aliphatic carbocycles. The fourth-order valence-electron chi connectivity index (χ4n) is 2.92. The Morgan fingerprint density at radius 3 is 2.77 bits per heavy atom. The van der Waals surface area contributed by atoms with Gasteiger partial charge in [-0.25, -0.2) is 9.61 Å². The van der Waals surface area contributed by atoms with Crippen molar-refractivity contribution in [3.8, 4) is 11.6 Å². The normalized spacial score (nSPS) is 11.5. The first-order valence-corrected chi connectivity index (χ1v) is 9.84. The molecule has 0 unspecified atom stereocenters. The lowest BCUT2D eigenvalue weighted by Crippen LogP contribution is -2.24. The molecule has 0 fully saturated rings. The number of carbonyl (C=O) groups is 1. The van der Waals surface area contributed by atoms with Gasteiger partial charge in [-0.1, -0.05) is 23.7 Å². The van der Waals surface area contributed by atoms with Gasteiger partial charge in [-0.05, 0) is 65.6 Å². The van der Waals surface area contributed by atoms with E-state index in [4.69, 9.17) is 16.3 Å². The van der Waals surface area contributed by atoms with E-state index in [-0.39, 0.29) is 25.3 Å². The van der Waals surface area contributed by atoms with Crippen molar-refractivity contribution in [2.75, 3.05) is 0 Å². The van der Waals surface area contributed by atoms with Crippen LogP contribution in [0.2, 0.25) is 5.02 Å². The Kier molecular flexibility index (Phi) is 5.58. The molecule has 2 aromatic carbocycles. The molecule has 0 saturated carbocycles. The summed E-state index contributed by atoms with van der Waals surface area (Å²) in [5.41, 5.74) is 1.80. The molecule has 0 atom stereocenters. The summed E-state index contributed by atoms with van der Waals surface area (Å²) in [5.74, 6) is 0.232. The summed E-state index contributed by atoms with van der Waals surface area (Å²) in [6, 6.07) is 13.5. The standard InChI is InChI=1S/C22H19ClN4O4.H2/c1-22(2,29)14-6-5-13(17(23)10-14)12-25-20(28)16-4-3-9-24-21(16)30-15-7-8-18-19(11-15)27-31-26-18;/h3-11,29H,12H2,1-2H3,(H,25,28);1H. The number of hydrogen-bond acceptors (Lipinski definition) is 7. The number of benzene rings is 2. The SMILES string of the molecule is CC(C)(O)c1ccc(CNC(=O)c2cccnc2Oc2ccc3nonc3c2)c(Cl)c1.[HH]. The third kappa shape index (κ3) is 4.65. The van der Waals surface area contributed by atoms with Gasteiger partial charge in [0, 0.05) is 25.3 Å². The molecular formula is C22H21ClN4O4. The van der Waals surface area contributed by atoms with E-state index in [2.05, 4.69) is 25.2 Å². The topological polar surface area (TPSA) is 110 Å². The van der Waals surface area contributed by atoms with Gasteiger partial charge in [0.25, 0.3) is 5.91 Å². The number of aromatic nitrogens is 3. The molecule has 2 heterocycles. The van der Waals surface area contributed by atoms with Gasteiger partial charge in [0.1, 0.15) is 22.3 Å². The predicted octanol–water partition coefficient (Wildman–Crippen LogP) is 4.47. The average Bonchev–Trinajstić information content (AvgIpc) is 3.20. The zero-order valence-electron chi connectivity index (χ0n) is 16.8. The Morgan fingerprint density at radius 2 is 2.00 bits per heavy atom. The van der Waals surface area contributed by atoms with Gasteiger partial charge in [-0.2, -0.15) is 0 Å². The second-order valence-electron chi connectivity index (χ2n) is 7.42. The van der Waals surface area contributed by atoms with Gasteiger partial charge in [0.05, 0.1) is 5.60 Å². The van der Waals surface area contributed by atoms with Crippen LogP contribution in [0.25, 0.3) is 11.0 Å². The van der Waals surface area contributed by atoms with Crippen molar-refractivity contribution in [2.45, 2.75) is 26.0 Å². The summed E-state index contributed by atoms with van der Waals surface area (Å²) in [4.78, 5) is 17.0. The zero-order chi connectivity index (χ0) is 22.0. The van der Waals surface area contributed by atoms with E-state index in [1.807, 2.05) is 0 Å². The minimum absolute atomic E-state index is 0. The lowest BCUT2D eigenvalue weighted by molar-refractivity contribution is 0.0785. The molecular weight excluding hydrogens is 420 g/mol. The lowest BCUT2D eigenvalue weighted by atomic mass is 9.97. The van der Waals surface area contributed by atoms with E-state index >= 15 is 0 Å². The van der Waals surface area contributed by atoms with Gasteiger partial charge in [0.2, 0.25) is 5.88 Å². The summed E-state index contributed by atoms with van der Waals surface area (Å²) >= 11 is 6.32. The summed E-state index contributed by atoms with van der Waals surface area (Å²) < 4.78 is 10.5. The maximum absolute atomic E-state index is 12.8. The zero-order valence-corrected chi connectivity index (χ0v) is 17.6. The highest BCUT2D eigenvalue weighted by molar-refractivity contribution is 6.31. The van der Waals surface area contributed by atoms with E-state index < -0.39 is 5.60 Å². The lowest BCUT2D eigenvalue weighted by Gasteiger charge is -2.19. The van der Waals surface area contributed by atoms with Crippen molar-refractivity contribution in [1.82, 2.24) is 20.6 Å². The Hall–Kier alpha value is -3.49. The summed E-state index contributed by atoms with van der Waals surface area (Å²) in [7, 11) is 0. The molecule has 0 spiro atoms. The number of rotatable bonds is 6. The number of hydrogen-bond donors (Lipinski definition) is 2. The van der Waals surface area contributed by atoms with Crippen LogP contribution < -0.4 is 10.1 Å². The number of pyridine rings is 1. The summed E-state index contributed by atoms with van der Waals surface area (Å²) in [6.45, 7) is 3.57. The molecule has 31 heavy (non-hydrogen) atoms. The van der Waals surface area contributed by atoms with Crippen molar-refractivity contribution in [2.24, 2.45) is 0 Å². The first-order chi connectivity index (χ1) is 14.8. The van der Waals surface area contributed by atoms with Crippen LogP contribution in [0, 0.1) is 0 Å². The monoisotopic (exact) mass is 440 g/mol. The van der Waals surface area contributed by atoms with Crippen molar-refractivity contribution < 1.29 is 20.7 Å². The fraction of sp³-hybridized carbons (Fsp3) is 0.182. The smallest absolute Gasteiger partial charge is 0.257 e. The van der Waals surface area contributed by atoms with Crippen LogP contribution in [0.5, 0.6) is 11.6 Å². The Bertz CT molecular complexity index is 1260. The number of nitrogens with one attached hydrogen (secondary N) is 1. The van der Waals surface area contributed by atoms with Crippen LogP contribution in [-0.4, -0.2) is 26.3 Å². The van der Waals surface area contributed by atoms with Gasteiger partial charge >= 0.3 is 0 Å². The van der Waals surface area contributed by atoms with Crippen LogP contribution in [0.1, 0.15) is 36.8 Å². The first kappa shape index (κ1) is 20.8.